The van der Waals surface area contributed by atoms with Crippen LogP contribution in [-0.2, 0) is 0 Å². The zero-order chi connectivity index (χ0) is 13.1. The molecule has 1 aromatic rings. The van der Waals surface area contributed by atoms with Gasteiger partial charge in [0, 0.05) is 17.1 Å². The molecule has 2 nitrogen and oxygen atoms in total. The summed E-state index contributed by atoms with van der Waals surface area (Å²) in [6.45, 7) is 5.04. The Balaban J connectivity index is 2.07. The average Bonchev–Trinajstić information content (AvgIpc) is 3.12. The molecule has 1 saturated carbocycles. The molecule has 0 spiro atoms. The maximum absolute atomic E-state index is 12.2. The van der Waals surface area contributed by atoms with Gasteiger partial charge in [0.15, 0.2) is 0 Å². The lowest BCUT2D eigenvalue weighted by atomic mass is 10.0. The fraction of sp³-hybridized carbons (Fsp3) is 0.533. The summed E-state index contributed by atoms with van der Waals surface area (Å²) in [5.41, 5.74) is 1.80. The number of hydrogen-bond acceptors (Lipinski definition) is 1. The molecule has 2 rings (SSSR count). The van der Waals surface area contributed by atoms with Crippen molar-refractivity contribution in [3.8, 4) is 0 Å². The van der Waals surface area contributed by atoms with Crippen LogP contribution in [0.15, 0.2) is 18.2 Å². The lowest BCUT2D eigenvalue weighted by Crippen LogP contribution is -2.26. The monoisotopic (exact) mass is 265 g/mol. The van der Waals surface area contributed by atoms with Crippen LogP contribution in [0.25, 0.3) is 0 Å². The van der Waals surface area contributed by atoms with Crippen molar-refractivity contribution in [2.24, 2.45) is 5.92 Å². The van der Waals surface area contributed by atoms with Gasteiger partial charge in [-0.25, -0.2) is 0 Å². The predicted octanol–water partition coefficient (Wildman–Crippen LogP) is 3.99. The third kappa shape index (κ3) is 3.26. The number of hydrogen-bond donors (Lipinski definition) is 1. The Labute approximate surface area is 114 Å². The van der Waals surface area contributed by atoms with Crippen LogP contribution in [0, 0.1) is 5.92 Å². The molecular formula is C15H20ClNO. The number of rotatable bonds is 5. The first-order valence-electron chi connectivity index (χ1n) is 6.66. The van der Waals surface area contributed by atoms with E-state index in [-0.39, 0.29) is 5.91 Å². The highest BCUT2D eigenvalue weighted by atomic mass is 35.5. The largest absolute Gasteiger partial charge is 0.352 e. The van der Waals surface area contributed by atoms with Crippen LogP contribution in [-0.4, -0.2) is 12.5 Å². The molecular weight excluding hydrogens is 246 g/mol. The van der Waals surface area contributed by atoms with Crippen molar-refractivity contribution in [2.75, 3.05) is 6.54 Å². The van der Waals surface area contributed by atoms with Gasteiger partial charge in [-0.05, 0) is 48.8 Å². The molecule has 0 saturated heterocycles. The van der Waals surface area contributed by atoms with Crippen molar-refractivity contribution in [1.82, 2.24) is 5.32 Å². The molecule has 0 radical (unpaired) electrons. The van der Waals surface area contributed by atoms with E-state index in [0.29, 0.717) is 11.8 Å². The highest BCUT2D eigenvalue weighted by Crippen LogP contribution is 2.44. The number of amides is 1. The summed E-state index contributed by atoms with van der Waals surface area (Å²) in [5, 5.41) is 3.71. The van der Waals surface area contributed by atoms with Gasteiger partial charge in [0.25, 0.3) is 5.91 Å². The summed E-state index contributed by atoms with van der Waals surface area (Å²) in [4.78, 5) is 12.2. The number of carbonyl (C=O) groups is 1. The van der Waals surface area contributed by atoms with Gasteiger partial charge in [-0.15, -0.1) is 0 Å². The first kappa shape index (κ1) is 13.4. The topological polar surface area (TPSA) is 29.1 Å². The SMILES string of the molecule is CC(C)CCNC(=O)c1cccc(Cl)c1C1CC1. The van der Waals surface area contributed by atoms with E-state index in [4.69, 9.17) is 11.6 Å². The van der Waals surface area contributed by atoms with Crippen LogP contribution < -0.4 is 5.32 Å². The minimum Gasteiger partial charge on any atom is -0.352 e. The van der Waals surface area contributed by atoms with Crippen molar-refractivity contribution in [3.63, 3.8) is 0 Å². The van der Waals surface area contributed by atoms with E-state index in [1.165, 1.54) is 0 Å². The van der Waals surface area contributed by atoms with E-state index in [1.807, 2.05) is 18.2 Å². The normalized spacial score (nSPS) is 14.9. The molecule has 0 aliphatic heterocycles. The van der Waals surface area contributed by atoms with Crippen molar-refractivity contribution < 1.29 is 4.79 Å². The minimum absolute atomic E-state index is 0.0139. The predicted molar refractivity (Wildman–Crippen MR) is 75.2 cm³/mol. The molecule has 1 aromatic carbocycles. The molecule has 0 bridgehead atoms. The van der Waals surface area contributed by atoms with Crippen molar-refractivity contribution in [1.29, 1.82) is 0 Å². The zero-order valence-corrected chi connectivity index (χ0v) is 11.8. The standard InChI is InChI=1S/C15H20ClNO/c1-10(2)8-9-17-15(18)12-4-3-5-13(16)14(12)11-6-7-11/h3-5,10-11H,6-9H2,1-2H3,(H,17,18). The Morgan fingerprint density at radius 3 is 2.78 bits per heavy atom. The number of halogens is 1. The first-order chi connectivity index (χ1) is 8.59. The Morgan fingerprint density at radius 2 is 2.17 bits per heavy atom. The maximum Gasteiger partial charge on any atom is 0.251 e. The molecule has 1 amide bonds. The molecule has 1 fully saturated rings. The fourth-order valence-corrected chi connectivity index (χ4v) is 2.42. The third-order valence-electron chi connectivity index (χ3n) is 3.29. The molecule has 3 heteroatoms. The second kappa shape index (κ2) is 5.75. The Bertz CT molecular complexity index is 438. The highest BCUT2D eigenvalue weighted by molar-refractivity contribution is 6.32. The van der Waals surface area contributed by atoms with Gasteiger partial charge >= 0.3 is 0 Å². The quantitative estimate of drug-likeness (QED) is 0.857. The first-order valence-corrected chi connectivity index (χ1v) is 7.04. The minimum atomic E-state index is 0.0139. The van der Waals surface area contributed by atoms with Gasteiger partial charge in [-0.3, -0.25) is 4.79 Å². The molecule has 1 aliphatic rings. The number of carbonyl (C=O) groups excluding carboxylic acids is 1. The number of nitrogens with one attached hydrogen (secondary N) is 1. The molecule has 0 atom stereocenters. The van der Waals surface area contributed by atoms with E-state index < -0.39 is 0 Å². The fourth-order valence-electron chi connectivity index (χ4n) is 2.09. The lowest BCUT2D eigenvalue weighted by Gasteiger charge is -2.12. The van der Waals surface area contributed by atoms with Gasteiger partial charge in [0.2, 0.25) is 0 Å². The van der Waals surface area contributed by atoms with Crippen LogP contribution in [0.5, 0.6) is 0 Å². The smallest absolute Gasteiger partial charge is 0.251 e. The average molecular weight is 266 g/mol. The highest BCUT2D eigenvalue weighted by Gasteiger charge is 2.29. The Hall–Kier alpha value is -1.02. The van der Waals surface area contributed by atoms with Crippen LogP contribution in [0.3, 0.4) is 0 Å². The van der Waals surface area contributed by atoms with E-state index in [0.717, 1.165) is 42.0 Å². The van der Waals surface area contributed by atoms with Crippen molar-refractivity contribution in [3.05, 3.63) is 34.3 Å². The second-order valence-corrected chi connectivity index (χ2v) is 5.82. The second-order valence-electron chi connectivity index (χ2n) is 5.41. The summed E-state index contributed by atoms with van der Waals surface area (Å²) >= 11 is 6.21. The molecule has 1 N–H and O–H groups in total. The van der Waals surface area contributed by atoms with E-state index >= 15 is 0 Å². The van der Waals surface area contributed by atoms with Gasteiger partial charge in [0.1, 0.15) is 0 Å². The molecule has 0 aromatic heterocycles. The van der Waals surface area contributed by atoms with Crippen LogP contribution in [0.1, 0.15) is 54.9 Å². The number of benzene rings is 1. The van der Waals surface area contributed by atoms with Gasteiger partial charge in [0.05, 0.1) is 0 Å². The summed E-state index contributed by atoms with van der Waals surface area (Å²) in [5.74, 6) is 1.11. The summed E-state index contributed by atoms with van der Waals surface area (Å²) < 4.78 is 0. The van der Waals surface area contributed by atoms with E-state index in [2.05, 4.69) is 19.2 Å². The third-order valence-corrected chi connectivity index (χ3v) is 3.62. The Morgan fingerprint density at radius 1 is 1.44 bits per heavy atom. The molecule has 1 aliphatic carbocycles. The molecule has 0 heterocycles. The molecule has 0 unspecified atom stereocenters. The lowest BCUT2D eigenvalue weighted by molar-refractivity contribution is 0.0951. The van der Waals surface area contributed by atoms with Gasteiger partial charge in [-0.1, -0.05) is 31.5 Å². The summed E-state index contributed by atoms with van der Waals surface area (Å²) in [6.07, 6.45) is 3.30. The van der Waals surface area contributed by atoms with Gasteiger partial charge < -0.3 is 5.32 Å². The van der Waals surface area contributed by atoms with Crippen molar-refractivity contribution in [2.45, 2.75) is 39.0 Å². The van der Waals surface area contributed by atoms with Crippen LogP contribution in [0.2, 0.25) is 5.02 Å². The summed E-state index contributed by atoms with van der Waals surface area (Å²) in [7, 11) is 0. The van der Waals surface area contributed by atoms with Gasteiger partial charge in [-0.2, -0.15) is 0 Å². The van der Waals surface area contributed by atoms with Crippen LogP contribution in [0.4, 0.5) is 0 Å². The molecule has 18 heavy (non-hydrogen) atoms. The van der Waals surface area contributed by atoms with E-state index in [9.17, 15) is 4.79 Å². The van der Waals surface area contributed by atoms with E-state index in [1.54, 1.807) is 0 Å². The summed E-state index contributed by atoms with van der Waals surface area (Å²) in [6, 6.07) is 5.61. The van der Waals surface area contributed by atoms with Crippen LogP contribution >= 0.6 is 11.6 Å². The molecule has 98 valence electrons. The zero-order valence-electron chi connectivity index (χ0n) is 11.0. The maximum atomic E-state index is 12.2. The van der Waals surface area contributed by atoms with Crippen molar-refractivity contribution >= 4 is 17.5 Å². The Kier molecular flexibility index (Phi) is 4.28.